The summed E-state index contributed by atoms with van der Waals surface area (Å²) in [4.78, 5) is 11.5. The topological polar surface area (TPSA) is 61.6 Å². The van der Waals surface area contributed by atoms with E-state index in [0.717, 1.165) is 11.3 Å². The molecule has 20 heavy (non-hydrogen) atoms. The molecule has 4 heteroatoms. The SMILES string of the molecule is COc1ccc(C(OCc2ccccc2)C(N)=O)cc1. The van der Waals surface area contributed by atoms with Crippen LogP contribution in [-0.2, 0) is 16.1 Å². The normalized spacial score (nSPS) is 11.8. The molecular formula is C16H17NO3. The maximum absolute atomic E-state index is 11.5. The average Bonchev–Trinajstić information content (AvgIpc) is 2.49. The molecule has 0 heterocycles. The first-order valence-electron chi connectivity index (χ1n) is 6.29. The van der Waals surface area contributed by atoms with E-state index in [1.165, 1.54) is 0 Å². The maximum atomic E-state index is 11.5. The summed E-state index contributed by atoms with van der Waals surface area (Å²) < 4.78 is 10.7. The van der Waals surface area contributed by atoms with Gasteiger partial charge in [0.2, 0.25) is 0 Å². The largest absolute Gasteiger partial charge is 0.497 e. The van der Waals surface area contributed by atoms with Crippen molar-refractivity contribution in [3.8, 4) is 5.75 Å². The molecule has 0 aromatic heterocycles. The van der Waals surface area contributed by atoms with E-state index in [1.807, 2.05) is 30.3 Å². The van der Waals surface area contributed by atoms with Crippen LogP contribution in [0.2, 0.25) is 0 Å². The second-order valence-corrected chi connectivity index (χ2v) is 4.35. The fourth-order valence-electron chi connectivity index (χ4n) is 1.88. The molecule has 2 N–H and O–H groups in total. The van der Waals surface area contributed by atoms with Gasteiger partial charge in [-0.15, -0.1) is 0 Å². The van der Waals surface area contributed by atoms with Crippen LogP contribution in [0.15, 0.2) is 54.6 Å². The molecule has 0 radical (unpaired) electrons. The third-order valence-corrected chi connectivity index (χ3v) is 2.94. The van der Waals surface area contributed by atoms with Gasteiger partial charge >= 0.3 is 0 Å². The molecule has 0 bridgehead atoms. The lowest BCUT2D eigenvalue weighted by Gasteiger charge is -2.15. The summed E-state index contributed by atoms with van der Waals surface area (Å²) in [5.41, 5.74) is 7.12. The predicted molar refractivity (Wildman–Crippen MR) is 76.2 cm³/mol. The predicted octanol–water partition coefficient (Wildman–Crippen LogP) is 2.44. The highest BCUT2D eigenvalue weighted by Crippen LogP contribution is 2.21. The Morgan fingerprint density at radius 1 is 1.10 bits per heavy atom. The third-order valence-electron chi connectivity index (χ3n) is 2.94. The Labute approximate surface area is 118 Å². The second kappa shape index (κ2) is 6.73. The molecule has 0 aliphatic heterocycles. The number of amides is 1. The lowest BCUT2D eigenvalue weighted by atomic mass is 10.1. The van der Waals surface area contributed by atoms with Crippen LogP contribution < -0.4 is 10.5 Å². The van der Waals surface area contributed by atoms with Crippen LogP contribution in [0, 0.1) is 0 Å². The standard InChI is InChI=1S/C16H17NO3/c1-19-14-9-7-13(8-10-14)15(16(17)18)20-11-12-5-3-2-4-6-12/h2-10,15H,11H2,1H3,(H2,17,18). The van der Waals surface area contributed by atoms with Gasteiger partial charge in [-0.2, -0.15) is 0 Å². The minimum atomic E-state index is -0.763. The highest BCUT2D eigenvalue weighted by Gasteiger charge is 2.18. The molecule has 4 nitrogen and oxygen atoms in total. The van der Waals surface area contributed by atoms with Gasteiger partial charge in [-0.25, -0.2) is 0 Å². The number of rotatable bonds is 6. The lowest BCUT2D eigenvalue weighted by Crippen LogP contribution is -2.23. The van der Waals surface area contributed by atoms with Crippen LogP contribution in [-0.4, -0.2) is 13.0 Å². The fourth-order valence-corrected chi connectivity index (χ4v) is 1.88. The molecule has 0 saturated heterocycles. The highest BCUT2D eigenvalue weighted by molar-refractivity contribution is 5.80. The third kappa shape index (κ3) is 3.59. The molecule has 2 aromatic carbocycles. The molecule has 2 aromatic rings. The van der Waals surface area contributed by atoms with Crippen molar-refractivity contribution in [2.45, 2.75) is 12.7 Å². The van der Waals surface area contributed by atoms with E-state index in [4.69, 9.17) is 15.2 Å². The quantitative estimate of drug-likeness (QED) is 0.877. The van der Waals surface area contributed by atoms with E-state index in [2.05, 4.69) is 0 Å². The van der Waals surface area contributed by atoms with E-state index in [9.17, 15) is 4.79 Å². The minimum absolute atomic E-state index is 0.334. The van der Waals surface area contributed by atoms with Crippen molar-refractivity contribution in [3.63, 3.8) is 0 Å². The number of primary amides is 1. The van der Waals surface area contributed by atoms with Crippen molar-refractivity contribution >= 4 is 5.91 Å². The monoisotopic (exact) mass is 271 g/mol. The van der Waals surface area contributed by atoms with Crippen LogP contribution in [0.25, 0.3) is 0 Å². The number of carbonyl (C=O) groups is 1. The Balaban J connectivity index is 2.08. The maximum Gasteiger partial charge on any atom is 0.251 e. The second-order valence-electron chi connectivity index (χ2n) is 4.35. The number of hydrogen-bond donors (Lipinski definition) is 1. The fraction of sp³-hybridized carbons (Fsp3) is 0.188. The van der Waals surface area contributed by atoms with Gasteiger partial charge in [0.15, 0.2) is 6.10 Å². The highest BCUT2D eigenvalue weighted by atomic mass is 16.5. The Bertz CT molecular complexity index is 552. The number of ether oxygens (including phenoxy) is 2. The van der Waals surface area contributed by atoms with Crippen molar-refractivity contribution in [3.05, 3.63) is 65.7 Å². The summed E-state index contributed by atoms with van der Waals surface area (Å²) in [6.07, 6.45) is -0.763. The molecule has 2 rings (SSSR count). The van der Waals surface area contributed by atoms with E-state index in [0.29, 0.717) is 12.2 Å². The summed E-state index contributed by atoms with van der Waals surface area (Å²) in [5.74, 6) is 0.214. The summed E-state index contributed by atoms with van der Waals surface area (Å²) >= 11 is 0. The summed E-state index contributed by atoms with van der Waals surface area (Å²) in [6.45, 7) is 0.334. The summed E-state index contributed by atoms with van der Waals surface area (Å²) in [5, 5.41) is 0. The molecule has 0 spiro atoms. The Morgan fingerprint density at radius 3 is 2.30 bits per heavy atom. The zero-order chi connectivity index (χ0) is 14.4. The van der Waals surface area contributed by atoms with Gasteiger partial charge in [-0.3, -0.25) is 4.79 Å². The molecule has 1 unspecified atom stereocenters. The first-order chi connectivity index (χ1) is 9.70. The number of carbonyl (C=O) groups excluding carboxylic acids is 1. The van der Waals surface area contributed by atoms with E-state index in [-0.39, 0.29) is 0 Å². The molecule has 1 atom stereocenters. The zero-order valence-electron chi connectivity index (χ0n) is 11.3. The van der Waals surface area contributed by atoms with Crippen LogP contribution in [0.1, 0.15) is 17.2 Å². The van der Waals surface area contributed by atoms with Crippen molar-refractivity contribution in [1.29, 1.82) is 0 Å². The Kier molecular flexibility index (Phi) is 4.74. The van der Waals surface area contributed by atoms with Crippen LogP contribution >= 0.6 is 0 Å². The van der Waals surface area contributed by atoms with Gasteiger partial charge < -0.3 is 15.2 Å². The molecule has 1 amide bonds. The van der Waals surface area contributed by atoms with Gasteiger partial charge in [-0.1, -0.05) is 42.5 Å². The van der Waals surface area contributed by atoms with Crippen molar-refractivity contribution in [2.75, 3.05) is 7.11 Å². The van der Waals surface area contributed by atoms with Gasteiger partial charge in [0, 0.05) is 0 Å². The molecule has 0 aliphatic carbocycles. The van der Waals surface area contributed by atoms with Crippen LogP contribution in [0.3, 0.4) is 0 Å². The van der Waals surface area contributed by atoms with Gasteiger partial charge in [-0.05, 0) is 23.3 Å². The van der Waals surface area contributed by atoms with Crippen molar-refractivity contribution in [1.82, 2.24) is 0 Å². The Hall–Kier alpha value is -2.33. The Morgan fingerprint density at radius 2 is 1.75 bits per heavy atom. The average molecular weight is 271 g/mol. The molecule has 104 valence electrons. The van der Waals surface area contributed by atoms with Gasteiger partial charge in [0.25, 0.3) is 5.91 Å². The summed E-state index contributed by atoms with van der Waals surface area (Å²) in [7, 11) is 1.59. The molecule has 0 fully saturated rings. The molecular weight excluding hydrogens is 254 g/mol. The minimum Gasteiger partial charge on any atom is -0.497 e. The lowest BCUT2D eigenvalue weighted by molar-refractivity contribution is -0.130. The van der Waals surface area contributed by atoms with Gasteiger partial charge in [0.05, 0.1) is 13.7 Å². The summed E-state index contributed by atoms with van der Waals surface area (Å²) in [6, 6.07) is 16.8. The smallest absolute Gasteiger partial charge is 0.251 e. The van der Waals surface area contributed by atoms with Crippen LogP contribution in [0.4, 0.5) is 0 Å². The first-order valence-corrected chi connectivity index (χ1v) is 6.29. The number of hydrogen-bond acceptors (Lipinski definition) is 3. The number of benzene rings is 2. The van der Waals surface area contributed by atoms with E-state index < -0.39 is 12.0 Å². The number of nitrogens with two attached hydrogens (primary N) is 1. The van der Waals surface area contributed by atoms with Crippen molar-refractivity contribution < 1.29 is 14.3 Å². The zero-order valence-corrected chi connectivity index (χ0v) is 11.3. The van der Waals surface area contributed by atoms with E-state index >= 15 is 0 Å². The number of methoxy groups -OCH3 is 1. The van der Waals surface area contributed by atoms with Crippen LogP contribution in [0.5, 0.6) is 5.75 Å². The molecule has 0 saturated carbocycles. The van der Waals surface area contributed by atoms with Gasteiger partial charge in [0.1, 0.15) is 5.75 Å². The molecule has 0 aliphatic rings. The first kappa shape index (κ1) is 14.1. The van der Waals surface area contributed by atoms with Crippen molar-refractivity contribution in [2.24, 2.45) is 5.73 Å². The van der Waals surface area contributed by atoms with E-state index in [1.54, 1.807) is 31.4 Å².